The SMILES string of the molecule is Cc1nc(C#CCO[Si](C)(C)C(C)(C)C)ccc1[N+](=O)[O-]. The maximum Gasteiger partial charge on any atom is 0.290 e. The molecule has 0 saturated carbocycles. The van der Waals surface area contributed by atoms with Gasteiger partial charge in [0.25, 0.3) is 5.69 Å². The van der Waals surface area contributed by atoms with Gasteiger partial charge in [-0.2, -0.15) is 0 Å². The third-order valence-electron chi connectivity index (χ3n) is 3.78. The molecule has 1 aromatic heterocycles. The van der Waals surface area contributed by atoms with Gasteiger partial charge in [-0.15, -0.1) is 0 Å². The normalized spacial score (nSPS) is 11.7. The molecular formula is C15H22N2O3Si. The molecule has 5 nitrogen and oxygen atoms in total. The van der Waals surface area contributed by atoms with E-state index in [0.717, 1.165) is 0 Å². The summed E-state index contributed by atoms with van der Waals surface area (Å²) in [5.74, 6) is 5.83. The molecule has 0 N–H and O–H groups in total. The van der Waals surface area contributed by atoms with Crippen LogP contribution in [-0.4, -0.2) is 24.8 Å². The van der Waals surface area contributed by atoms with E-state index in [4.69, 9.17) is 4.43 Å². The van der Waals surface area contributed by atoms with Crippen LogP contribution in [0.1, 0.15) is 32.2 Å². The summed E-state index contributed by atoms with van der Waals surface area (Å²) in [5.41, 5.74) is 0.909. The molecule has 1 rings (SSSR count). The van der Waals surface area contributed by atoms with Crippen LogP contribution in [0.5, 0.6) is 0 Å². The van der Waals surface area contributed by atoms with Crippen molar-refractivity contribution in [2.24, 2.45) is 0 Å². The van der Waals surface area contributed by atoms with Gasteiger partial charge in [-0.05, 0) is 37.0 Å². The van der Waals surface area contributed by atoms with Crippen molar-refractivity contribution in [1.29, 1.82) is 0 Å². The molecule has 0 aromatic carbocycles. The number of aromatic nitrogens is 1. The lowest BCUT2D eigenvalue weighted by atomic mass is 10.2. The molecule has 0 spiro atoms. The van der Waals surface area contributed by atoms with Crippen LogP contribution >= 0.6 is 0 Å². The maximum atomic E-state index is 10.7. The Balaban J connectivity index is 2.73. The monoisotopic (exact) mass is 306 g/mol. The average molecular weight is 306 g/mol. The third-order valence-corrected chi connectivity index (χ3v) is 8.26. The summed E-state index contributed by atoms with van der Waals surface area (Å²) >= 11 is 0. The molecule has 0 radical (unpaired) electrons. The van der Waals surface area contributed by atoms with E-state index in [0.29, 0.717) is 18.0 Å². The first-order valence-electron chi connectivity index (χ1n) is 6.79. The van der Waals surface area contributed by atoms with Gasteiger partial charge >= 0.3 is 0 Å². The fourth-order valence-electron chi connectivity index (χ4n) is 1.38. The zero-order valence-corrected chi connectivity index (χ0v) is 14.5. The van der Waals surface area contributed by atoms with E-state index in [9.17, 15) is 10.1 Å². The van der Waals surface area contributed by atoms with Crippen molar-refractivity contribution in [3.05, 3.63) is 33.6 Å². The number of nitrogens with zero attached hydrogens (tertiary/aromatic N) is 2. The molecule has 1 heterocycles. The standard InChI is InChI=1S/C15H22N2O3Si/c1-12-14(17(18)19)10-9-13(16-12)8-7-11-20-21(5,6)15(2,3)4/h9-10H,11H2,1-6H3. The smallest absolute Gasteiger partial charge is 0.290 e. The van der Waals surface area contributed by atoms with Gasteiger partial charge in [-0.3, -0.25) is 10.1 Å². The van der Waals surface area contributed by atoms with Crippen molar-refractivity contribution < 1.29 is 9.35 Å². The first kappa shape index (κ1) is 17.3. The Bertz CT molecular complexity index is 595. The first-order chi connectivity index (χ1) is 9.54. The Morgan fingerprint density at radius 1 is 1.38 bits per heavy atom. The molecule has 0 amide bonds. The van der Waals surface area contributed by atoms with Gasteiger partial charge in [0.15, 0.2) is 8.32 Å². The van der Waals surface area contributed by atoms with Crippen LogP contribution in [0.3, 0.4) is 0 Å². The molecule has 0 atom stereocenters. The van der Waals surface area contributed by atoms with Crippen molar-refractivity contribution >= 4 is 14.0 Å². The summed E-state index contributed by atoms with van der Waals surface area (Å²) in [5, 5.41) is 10.9. The van der Waals surface area contributed by atoms with Crippen molar-refractivity contribution in [3.8, 4) is 11.8 Å². The molecule has 0 aliphatic heterocycles. The summed E-state index contributed by atoms with van der Waals surface area (Å²) in [7, 11) is -1.79. The molecule has 0 unspecified atom stereocenters. The van der Waals surface area contributed by atoms with E-state index in [-0.39, 0.29) is 10.7 Å². The lowest BCUT2D eigenvalue weighted by molar-refractivity contribution is -0.385. The van der Waals surface area contributed by atoms with Crippen LogP contribution in [0.15, 0.2) is 12.1 Å². The Morgan fingerprint density at radius 2 is 2.00 bits per heavy atom. The summed E-state index contributed by atoms with van der Waals surface area (Å²) in [6.45, 7) is 12.8. The van der Waals surface area contributed by atoms with Gasteiger partial charge in [0, 0.05) is 6.07 Å². The van der Waals surface area contributed by atoms with Gasteiger partial charge in [0.1, 0.15) is 11.4 Å². The maximum absolute atomic E-state index is 10.7. The topological polar surface area (TPSA) is 65.3 Å². The highest BCUT2D eigenvalue weighted by molar-refractivity contribution is 6.74. The lowest BCUT2D eigenvalue weighted by Crippen LogP contribution is -2.40. The van der Waals surface area contributed by atoms with E-state index in [2.05, 4.69) is 50.7 Å². The Morgan fingerprint density at radius 3 is 2.48 bits per heavy atom. The molecule has 114 valence electrons. The molecule has 1 aromatic rings. The number of rotatable bonds is 3. The van der Waals surface area contributed by atoms with Gasteiger partial charge < -0.3 is 4.43 Å². The Labute approximate surface area is 127 Å². The Hall–Kier alpha value is -1.71. The molecule has 0 bridgehead atoms. The van der Waals surface area contributed by atoms with E-state index in [1.807, 2.05) is 0 Å². The fourth-order valence-corrected chi connectivity index (χ4v) is 2.24. The first-order valence-corrected chi connectivity index (χ1v) is 9.70. The van der Waals surface area contributed by atoms with Crippen molar-refractivity contribution in [1.82, 2.24) is 4.98 Å². The molecule has 21 heavy (non-hydrogen) atoms. The highest BCUT2D eigenvalue weighted by Gasteiger charge is 2.36. The van der Waals surface area contributed by atoms with Crippen LogP contribution in [0, 0.1) is 28.9 Å². The zero-order valence-electron chi connectivity index (χ0n) is 13.5. The minimum Gasteiger partial charge on any atom is -0.406 e. The highest BCUT2D eigenvalue weighted by Crippen LogP contribution is 2.36. The van der Waals surface area contributed by atoms with Gasteiger partial charge in [0.2, 0.25) is 0 Å². The average Bonchev–Trinajstić information content (AvgIpc) is 2.33. The minimum atomic E-state index is -1.79. The van der Waals surface area contributed by atoms with Crippen molar-refractivity contribution in [3.63, 3.8) is 0 Å². The van der Waals surface area contributed by atoms with Crippen LogP contribution in [-0.2, 0) is 4.43 Å². The van der Waals surface area contributed by atoms with Gasteiger partial charge in [0.05, 0.1) is 11.5 Å². The van der Waals surface area contributed by atoms with E-state index < -0.39 is 13.2 Å². The van der Waals surface area contributed by atoms with Gasteiger partial charge in [-0.25, -0.2) is 4.98 Å². The predicted octanol–water partition coefficient (Wildman–Crippen LogP) is 3.67. The summed E-state index contributed by atoms with van der Waals surface area (Å²) < 4.78 is 5.94. The van der Waals surface area contributed by atoms with E-state index in [1.165, 1.54) is 6.07 Å². The highest BCUT2D eigenvalue weighted by atomic mass is 28.4. The number of aryl methyl sites for hydroxylation is 1. The summed E-state index contributed by atoms with van der Waals surface area (Å²) in [4.78, 5) is 14.4. The molecular weight excluding hydrogens is 284 g/mol. The minimum absolute atomic E-state index is 0.0121. The van der Waals surface area contributed by atoms with Crippen LogP contribution in [0.2, 0.25) is 18.1 Å². The number of nitro groups is 1. The molecule has 0 aliphatic rings. The largest absolute Gasteiger partial charge is 0.406 e. The molecule has 0 aliphatic carbocycles. The second kappa shape index (κ2) is 6.37. The van der Waals surface area contributed by atoms with Crippen molar-refractivity contribution in [2.75, 3.05) is 6.61 Å². The fraction of sp³-hybridized carbons (Fsp3) is 0.533. The second-order valence-electron chi connectivity index (χ2n) is 6.41. The van der Waals surface area contributed by atoms with E-state index in [1.54, 1.807) is 13.0 Å². The van der Waals surface area contributed by atoms with Crippen LogP contribution < -0.4 is 0 Å². The third kappa shape index (κ3) is 4.65. The number of hydrogen-bond acceptors (Lipinski definition) is 4. The number of pyridine rings is 1. The molecule has 6 heteroatoms. The molecule has 0 saturated heterocycles. The molecule has 0 fully saturated rings. The van der Waals surface area contributed by atoms with Crippen LogP contribution in [0.4, 0.5) is 5.69 Å². The lowest BCUT2D eigenvalue weighted by Gasteiger charge is -2.35. The van der Waals surface area contributed by atoms with Crippen molar-refractivity contribution in [2.45, 2.75) is 45.8 Å². The second-order valence-corrected chi connectivity index (χ2v) is 11.2. The van der Waals surface area contributed by atoms with E-state index >= 15 is 0 Å². The van der Waals surface area contributed by atoms with Gasteiger partial charge in [-0.1, -0.05) is 26.7 Å². The van der Waals surface area contributed by atoms with Crippen LogP contribution in [0.25, 0.3) is 0 Å². The zero-order chi connectivity index (χ0) is 16.3. The summed E-state index contributed by atoms with van der Waals surface area (Å²) in [6.07, 6.45) is 0. The number of hydrogen-bond donors (Lipinski definition) is 0. The predicted molar refractivity (Wildman–Crippen MR) is 85.7 cm³/mol. The summed E-state index contributed by atoms with van der Waals surface area (Å²) in [6, 6.07) is 2.99. The Kier molecular flexibility index (Phi) is 5.26. The quantitative estimate of drug-likeness (QED) is 0.370.